The number of carbonyl (C=O) groups excluding carboxylic acids is 1. The molecule has 0 spiro atoms. The van der Waals surface area contributed by atoms with Gasteiger partial charge in [-0.05, 0) is 42.3 Å². The molecule has 0 atom stereocenters. The molecule has 0 aliphatic rings. The van der Waals surface area contributed by atoms with Crippen molar-refractivity contribution in [3.05, 3.63) is 59.4 Å². The highest BCUT2D eigenvalue weighted by atomic mass is 35.5. The normalized spacial score (nSPS) is 10.0. The smallest absolute Gasteiger partial charge is 0.224 e. The SMILES string of the molecule is CCNCc1ccccc1NC(=O)CCc1ccc(OC)c(F)c1.Cl. The Morgan fingerprint density at radius 2 is 1.96 bits per heavy atom. The van der Waals surface area contributed by atoms with Crippen LogP contribution in [0.15, 0.2) is 42.5 Å². The van der Waals surface area contributed by atoms with Crippen LogP contribution in [0.5, 0.6) is 5.75 Å². The fourth-order valence-corrected chi connectivity index (χ4v) is 2.39. The molecule has 2 N–H and O–H groups in total. The van der Waals surface area contributed by atoms with E-state index in [1.54, 1.807) is 12.1 Å². The van der Waals surface area contributed by atoms with E-state index in [2.05, 4.69) is 10.6 Å². The zero-order valence-corrected chi connectivity index (χ0v) is 15.3. The van der Waals surface area contributed by atoms with Gasteiger partial charge in [0.05, 0.1) is 7.11 Å². The molecule has 0 unspecified atom stereocenters. The van der Waals surface area contributed by atoms with Gasteiger partial charge in [0, 0.05) is 18.7 Å². The first-order valence-electron chi connectivity index (χ1n) is 8.05. The summed E-state index contributed by atoms with van der Waals surface area (Å²) in [5.41, 5.74) is 2.62. The van der Waals surface area contributed by atoms with Crippen molar-refractivity contribution in [3.8, 4) is 5.75 Å². The van der Waals surface area contributed by atoms with Crippen molar-refractivity contribution in [2.24, 2.45) is 0 Å². The maximum absolute atomic E-state index is 13.7. The Morgan fingerprint density at radius 1 is 1.20 bits per heavy atom. The predicted octanol–water partition coefficient (Wildman–Crippen LogP) is 3.94. The van der Waals surface area contributed by atoms with Gasteiger partial charge in [-0.2, -0.15) is 0 Å². The molecule has 0 saturated heterocycles. The molecular formula is C19H24ClFN2O2. The maximum Gasteiger partial charge on any atom is 0.224 e. The van der Waals surface area contributed by atoms with Crippen molar-refractivity contribution in [1.82, 2.24) is 5.32 Å². The van der Waals surface area contributed by atoms with Crippen LogP contribution in [-0.4, -0.2) is 19.6 Å². The monoisotopic (exact) mass is 366 g/mol. The Balaban J connectivity index is 0.00000312. The molecule has 0 fully saturated rings. The number of methoxy groups -OCH3 is 1. The van der Waals surface area contributed by atoms with Crippen molar-refractivity contribution in [2.75, 3.05) is 19.0 Å². The summed E-state index contributed by atoms with van der Waals surface area (Å²) in [5.74, 6) is -0.290. The van der Waals surface area contributed by atoms with E-state index in [1.165, 1.54) is 13.2 Å². The van der Waals surface area contributed by atoms with Gasteiger partial charge in [-0.3, -0.25) is 4.79 Å². The molecule has 25 heavy (non-hydrogen) atoms. The zero-order valence-electron chi connectivity index (χ0n) is 14.5. The molecule has 2 aromatic rings. The summed E-state index contributed by atoms with van der Waals surface area (Å²) in [6, 6.07) is 12.5. The van der Waals surface area contributed by atoms with E-state index >= 15 is 0 Å². The molecule has 6 heteroatoms. The minimum Gasteiger partial charge on any atom is -0.494 e. The summed E-state index contributed by atoms with van der Waals surface area (Å²) in [5, 5.41) is 6.18. The van der Waals surface area contributed by atoms with Crippen LogP contribution < -0.4 is 15.4 Å². The number of carbonyl (C=O) groups is 1. The number of benzene rings is 2. The number of halogens is 2. The number of rotatable bonds is 8. The average Bonchev–Trinajstić information content (AvgIpc) is 2.59. The molecule has 0 aromatic heterocycles. The number of ether oxygens (including phenoxy) is 1. The van der Waals surface area contributed by atoms with Crippen LogP contribution in [0.25, 0.3) is 0 Å². The van der Waals surface area contributed by atoms with Crippen molar-refractivity contribution >= 4 is 24.0 Å². The van der Waals surface area contributed by atoms with Crippen molar-refractivity contribution in [1.29, 1.82) is 0 Å². The molecule has 1 amide bonds. The quantitative estimate of drug-likeness (QED) is 0.744. The van der Waals surface area contributed by atoms with E-state index in [1.807, 2.05) is 31.2 Å². The highest BCUT2D eigenvalue weighted by molar-refractivity contribution is 5.91. The molecule has 0 radical (unpaired) electrons. The average molecular weight is 367 g/mol. The topological polar surface area (TPSA) is 50.4 Å². The van der Waals surface area contributed by atoms with Gasteiger partial charge in [-0.15, -0.1) is 12.4 Å². The number of nitrogens with one attached hydrogen (secondary N) is 2. The Kier molecular flexibility index (Phi) is 8.95. The zero-order chi connectivity index (χ0) is 17.4. The Labute approximate surface area is 154 Å². The summed E-state index contributed by atoms with van der Waals surface area (Å²) in [7, 11) is 1.43. The fourth-order valence-electron chi connectivity index (χ4n) is 2.39. The minimum absolute atomic E-state index is 0. The summed E-state index contributed by atoms with van der Waals surface area (Å²) in [4.78, 5) is 12.2. The van der Waals surface area contributed by atoms with Gasteiger partial charge in [-0.25, -0.2) is 4.39 Å². The Hall–Kier alpha value is -2.11. The molecular weight excluding hydrogens is 343 g/mol. The van der Waals surface area contributed by atoms with Gasteiger partial charge in [0.2, 0.25) is 5.91 Å². The van der Waals surface area contributed by atoms with Crippen LogP contribution in [0.3, 0.4) is 0 Å². The summed E-state index contributed by atoms with van der Waals surface area (Å²) in [6.45, 7) is 3.61. The number of aryl methyl sites for hydroxylation is 1. The lowest BCUT2D eigenvalue weighted by molar-refractivity contribution is -0.116. The fraction of sp³-hybridized carbons (Fsp3) is 0.316. The predicted molar refractivity (Wildman–Crippen MR) is 101 cm³/mol. The van der Waals surface area contributed by atoms with Gasteiger partial charge in [0.25, 0.3) is 0 Å². The molecule has 0 heterocycles. The maximum atomic E-state index is 13.7. The second-order valence-electron chi connectivity index (χ2n) is 5.45. The van der Waals surface area contributed by atoms with Crippen molar-refractivity contribution in [3.63, 3.8) is 0 Å². The molecule has 136 valence electrons. The van der Waals surface area contributed by atoms with Crippen LogP contribution >= 0.6 is 12.4 Å². The first kappa shape index (κ1) is 20.9. The van der Waals surface area contributed by atoms with E-state index in [4.69, 9.17) is 4.74 Å². The summed E-state index contributed by atoms with van der Waals surface area (Å²) < 4.78 is 18.6. The Bertz CT molecular complexity index is 695. The van der Waals surface area contributed by atoms with E-state index in [9.17, 15) is 9.18 Å². The molecule has 2 rings (SSSR count). The van der Waals surface area contributed by atoms with Crippen LogP contribution in [0, 0.1) is 5.82 Å². The Morgan fingerprint density at radius 3 is 2.64 bits per heavy atom. The number of anilines is 1. The third kappa shape index (κ3) is 6.36. The van der Waals surface area contributed by atoms with Crippen LogP contribution in [-0.2, 0) is 17.8 Å². The van der Waals surface area contributed by atoms with Gasteiger partial charge < -0.3 is 15.4 Å². The number of hydrogen-bond donors (Lipinski definition) is 2. The van der Waals surface area contributed by atoms with Crippen LogP contribution in [0.1, 0.15) is 24.5 Å². The number of amides is 1. The van der Waals surface area contributed by atoms with Gasteiger partial charge >= 0.3 is 0 Å². The van der Waals surface area contributed by atoms with Crippen molar-refractivity contribution < 1.29 is 13.9 Å². The van der Waals surface area contributed by atoms with E-state index in [0.717, 1.165) is 23.4 Å². The third-order valence-corrected chi connectivity index (χ3v) is 3.71. The number of hydrogen-bond acceptors (Lipinski definition) is 3. The van der Waals surface area contributed by atoms with Gasteiger partial charge in [0.1, 0.15) is 0 Å². The summed E-state index contributed by atoms with van der Waals surface area (Å²) in [6.07, 6.45) is 0.767. The van der Waals surface area contributed by atoms with Gasteiger partial charge in [0.15, 0.2) is 11.6 Å². The third-order valence-electron chi connectivity index (χ3n) is 3.71. The second-order valence-corrected chi connectivity index (χ2v) is 5.45. The molecule has 2 aromatic carbocycles. The largest absolute Gasteiger partial charge is 0.494 e. The number of para-hydroxylation sites is 1. The van der Waals surface area contributed by atoms with E-state index < -0.39 is 5.82 Å². The highest BCUT2D eigenvalue weighted by Gasteiger charge is 2.08. The highest BCUT2D eigenvalue weighted by Crippen LogP contribution is 2.19. The first-order chi connectivity index (χ1) is 11.6. The second kappa shape index (κ2) is 10.7. The lowest BCUT2D eigenvalue weighted by Gasteiger charge is -2.11. The molecule has 0 aliphatic heterocycles. The molecule has 4 nitrogen and oxygen atoms in total. The standard InChI is InChI=1S/C19H23FN2O2.ClH/c1-3-21-13-15-6-4-5-7-17(15)22-19(23)11-9-14-8-10-18(24-2)16(20)12-14;/h4-8,10,12,21H,3,9,11,13H2,1-2H3,(H,22,23);1H. The first-order valence-corrected chi connectivity index (χ1v) is 8.05. The van der Waals surface area contributed by atoms with E-state index in [-0.39, 0.29) is 24.1 Å². The lowest BCUT2D eigenvalue weighted by Crippen LogP contribution is -2.17. The van der Waals surface area contributed by atoms with Crippen LogP contribution in [0.2, 0.25) is 0 Å². The minimum atomic E-state index is -0.411. The van der Waals surface area contributed by atoms with Gasteiger partial charge in [-0.1, -0.05) is 31.2 Å². The molecule has 0 saturated carbocycles. The van der Waals surface area contributed by atoms with Crippen LogP contribution in [0.4, 0.5) is 10.1 Å². The van der Waals surface area contributed by atoms with Crippen molar-refractivity contribution in [2.45, 2.75) is 26.3 Å². The molecule has 0 bridgehead atoms. The lowest BCUT2D eigenvalue weighted by atomic mass is 10.1. The summed E-state index contributed by atoms with van der Waals surface area (Å²) >= 11 is 0. The van der Waals surface area contributed by atoms with E-state index in [0.29, 0.717) is 19.4 Å². The molecule has 0 aliphatic carbocycles.